The number of ether oxygens (including phenoxy) is 1. The van der Waals surface area contributed by atoms with Crippen molar-refractivity contribution >= 4 is 29.0 Å². The van der Waals surface area contributed by atoms with Gasteiger partial charge in [-0.25, -0.2) is 4.79 Å². The first kappa shape index (κ1) is 24.5. The van der Waals surface area contributed by atoms with Crippen LogP contribution >= 0.6 is 11.3 Å². The van der Waals surface area contributed by atoms with Gasteiger partial charge in [-0.15, -0.1) is 11.3 Å². The van der Waals surface area contributed by atoms with E-state index in [4.69, 9.17) is 4.74 Å². The van der Waals surface area contributed by atoms with E-state index in [2.05, 4.69) is 46.8 Å². The van der Waals surface area contributed by atoms with Gasteiger partial charge in [-0.1, -0.05) is 6.07 Å². The highest BCUT2D eigenvalue weighted by Crippen LogP contribution is 2.22. The summed E-state index contributed by atoms with van der Waals surface area (Å²) in [5.74, 6) is 0.0256. The van der Waals surface area contributed by atoms with Crippen molar-refractivity contribution in [3.63, 3.8) is 0 Å². The zero-order valence-corrected chi connectivity index (χ0v) is 21.1. The van der Waals surface area contributed by atoms with Crippen LogP contribution in [0, 0.1) is 0 Å². The number of nitrogens with one attached hydrogen (secondary N) is 1. The fourth-order valence-corrected chi connectivity index (χ4v) is 5.64. The summed E-state index contributed by atoms with van der Waals surface area (Å²) >= 11 is 1.83. The molecule has 2 aliphatic heterocycles. The Morgan fingerprint density at radius 1 is 1.03 bits per heavy atom. The molecular formula is C26H36N4O3S. The quantitative estimate of drug-likeness (QED) is 0.647. The van der Waals surface area contributed by atoms with Crippen LogP contribution in [0.4, 0.5) is 10.5 Å². The lowest BCUT2D eigenvalue weighted by Gasteiger charge is -2.35. The second-order valence-electron chi connectivity index (χ2n) is 9.14. The van der Waals surface area contributed by atoms with Gasteiger partial charge < -0.3 is 24.8 Å². The van der Waals surface area contributed by atoms with Crippen LogP contribution in [0.5, 0.6) is 0 Å². The summed E-state index contributed by atoms with van der Waals surface area (Å²) in [6.07, 6.45) is 3.04. The summed E-state index contributed by atoms with van der Waals surface area (Å²) in [6.45, 7) is 8.57. The molecule has 4 rings (SSSR count). The molecule has 2 fully saturated rings. The third kappa shape index (κ3) is 6.30. The third-order valence-corrected chi connectivity index (χ3v) is 7.57. The van der Waals surface area contributed by atoms with Gasteiger partial charge in [0.1, 0.15) is 0 Å². The fourth-order valence-electron chi connectivity index (χ4n) is 4.80. The Morgan fingerprint density at radius 2 is 1.71 bits per heavy atom. The molecule has 2 saturated heterocycles. The highest BCUT2D eigenvalue weighted by Gasteiger charge is 2.26. The molecule has 1 aromatic carbocycles. The summed E-state index contributed by atoms with van der Waals surface area (Å²) in [5, 5.41) is 5.95. The molecule has 3 heterocycles. The fraction of sp³-hybridized carbons (Fsp3) is 0.538. The number of carbonyl (C=O) groups is 2. The standard InChI is InChI=1S/C26H36N4O3S/c1-3-33-26(32)30-16-14-29(15-17-30)25(31)21-6-8-23(9-7-21)28-12-10-22(11-13-28)27-20(2)19-24-5-4-18-34-24/h4-9,18,20,22,27H,3,10-17,19H2,1-2H3/t20-/m1/s1. The summed E-state index contributed by atoms with van der Waals surface area (Å²) in [4.78, 5) is 32.1. The molecule has 184 valence electrons. The molecule has 2 aromatic rings. The van der Waals surface area contributed by atoms with Gasteiger partial charge in [0.2, 0.25) is 0 Å². The summed E-state index contributed by atoms with van der Waals surface area (Å²) in [5.41, 5.74) is 1.88. The van der Waals surface area contributed by atoms with E-state index in [1.54, 1.807) is 11.8 Å². The van der Waals surface area contributed by atoms with Gasteiger partial charge >= 0.3 is 6.09 Å². The van der Waals surface area contributed by atoms with E-state index in [1.807, 2.05) is 28.4 Å². The minimum atomic E-state index is -0.296. The molecule has 2 aliphatic rings. The molecular weight excluding hydrogens is 448 g/mol. The average Bonchev–Trinajstić information content (AvgIpc) is 3.37. The number of nitrogens with zero attached hydrogens (tertiary/aromatic N) is 3. The number of anilines is 1. The maximum atomic E-state index is 12.9. The molecule has 1 aromatic heterocycles. The van der Waals surface area contributed by atoms with Crippen molar-refractivity contribution in [2.24, 2.45) is 0 Å². The monoisotopic (exact) mass is 484 g/mol. The Morgan fingerprint density at radius 3 is 2.32 bits per heavy atom. The molecule has 0 saturated carbocycles. The van der Waals surface area contributed by atoms with Crippen LogP contribution in [-0.4, -0.2) is 79.8 Å². The number of amides is 2. The molecule has 0 aliphatic carbocycles. The highest BCUT2D eigenvalue weighted by molar-refractivity contribution is 7.09. The van der Waals surface area contributed by atoms with Crippen molar-refractivity contribution < 1.29 is 14.3 Å². The van der Waals surface area contributed by atoms with Crippen molar-refractivity contribution in [3.8, 4) is 0 Å². The van der Waals surface area contributed by atoms with Crippen LogP contribution in [0.25, 0.3) is 0 Å². The van der Waals surface area contributed by atoms with E-state index in [-0.39, 0.29) is 12.0 Å². The van der Waals surface area contributed by atoms with Gasteiger partial charge in [-0.3, -0.25) is 4.79 Å². The Kier molecular flexibility index (Phi) is 8.45. The highest BCUT2D eigenvalue weighted by atomic mass is 32.1. The Labute approximate surface area is 206 Å². The van der Waals surface area contributed by atoms with Gasteiger partial charge in [0, 0.05) is 67.5 Å². The largest absolute Gasteiger partial charge is 0.450 e. The molecule has 2 amide bonds. The molecule has 1 atom stereocenters. The summed E-state index contributed by atoms with van der Waals surface area (Å²) < 4.78 is 5.05. The van der Waals surface area contributed by atoms with Crippen molar-refractivity contribution in [3.05, 3.63) is 52.2 Å². The molecule has 0 radical (unpaired) electrons. The molecule has 34 heavy (non-hydrogen) atoms. The van der Waals surface area contributed by atoms with E-state index < -0.39 is 0 Å². The lowest BCUT2D eigenvalue weighted by molar-refractivity contribution is 0.0570. The normalized spacial score (nSPS) is 18.1. The van der Waals surface area contributed by atoms with Crippen LogP contribution in [0.3, 0.4) is 0 Å². The molecule has 7 nitrogen and oxygen atoms in total. The van der Waals surface area contributed by atoms with E-state index in [0.29, 0.717) is 50.4 Å². The SMILES string of the molecule is CCOC(=O)N1CCN(C(=O)c2ccc(N3CCC(N[C@H](C)Cc4cccs4)CC3)cc2)CC1. The summed E-state index contributed by atoms with van der Waals surface area (Å²) in [7, 11) is 0. The number of benzene rings is 1. The number of piperazine rings is 1. The van der Waals surface area contributed by atoms with Crippen molar-refractivity contribution in [1.29, 1.82) is 0 Å². The number of rotatable bonds is 7. The topological polar surface area (TPSA) is 65.1 Å². The zero-order valence-electron chi connectivity index (χ0n) is 20.2. The van der Waals surface area contributed by atoms with Gasteiger partial charge in [0.05, 0.1) is 6.61 Å². The smallest absolute Gasteiger partial charge is 0.409 e. The van der Waals surface area contributed by atoms with Gasteiger partial charge in [-0.05, 0) is 68.8 Å². The molecule has 1 N–H and O–H groups in total. The first-order valence-electron chi connectivity index (χ1n) is 12.4. The number of hydrogen-bond acceptors (Lipinski definition) is 6. The second kappa shape index (κ2) is 11.7. The average molecular weight is 485 g/mol. The van der Waals surface area contributed by atoms with Crippen molar-refractivity contribution in [2.45, 2.75) is 45.2 Å². The number of thiophene rings is 1. The van der Waals surface area contributed by atoms with Crippen LogP contribution in [0.15, 0.2) is 41.8 Å². The first-order chi connectivity index (χ1) is 16.5. The first-order valence-corrected chi connectivity index (χ1v) is 13.3. The maximum Gasteiger partial charge on any atom is 0.409 e. The molecule has 0 unspecified atom stereocenters. The van der Waals surface area contributed by atoms with Crippen LogP contribution in [0.2, 0.25) is 0 Å². The molecule has 0 bridgehead atoms. The van der Waals surface area contributed by atoms with E-state index in [9.17, 15) is 9.59 Å². The minimum Gasteiger partial charge on any atom is -0.450 e. The molecule has 0 spiro atoms. The summed E-state index contributed by atoms with van der Waals surface area (Å²) in [6, 6.07) is 13.4. The predicted octanol–water partition coefficient (Wildman–Crippen LogP) is 3.85. The Balaban J connectivity index is 1.22. The minimum absolute atomic E-state index is 0.0256. The van der Waals surface area contributed by atoms with E-state index in [0.717, 1.165) is 32.4 Å². The lowest BCUT2D eigenvalue weighted by Crippen LogP contribution is -2.50. The van der Waals surface area contributed by atoms with Crippen LogP contribution < -0.4 is 10.2 Å². The number of carbonyl (C=O) groups excluding carboxylic acids is 2. The predicted molar refractivity (Wildman–Crippen MR) is 137 cm³/mol. The van der Waals surface area contributed by atoms with Crippen LogP contribution in [-0.2, 0) is 11.2 Å². The van der Waals surface area contributed by atoms with Crippen molar-refractivity contribution in [2.75, 3.05) is 50.8 Å². The third-order valence-electron chi connectivity index (χ3n) is 6.67. The van der Waals surface area contributed by atoms with Gasteiger partial charge in [0.15, 0.2) is 0 Å². The number of piperidine rings is 1. The van der Waals surface area contributed by atoms with Crippen LogP contribution in [0.1, 0.15) is 41.9 Å². The lowest BCUT2D eigenvalue weighted by atomic mass is 10.0. The zero-order chi connectivity index (χ0) is 23.9. The Hall–Kier alpha value is -2.58. The second-order valence-corrected chi connectivity index (χ2v) is 10.2. The van der Waals surface area contributed by atoms with E-state index >= 15 is 0 Å². The van der Waals surface area contributed by atoms with Gasteiger partial charge in [0.25, 0.3) is 5.91 Å². The number of hydrogen-bond donors (Lipinski definition) is 1. The Bertz CT molecular complexity index is 918. The molecule has 8 heteroatoms. The van der Waals surface area contributed by atoms with Gasteiger partial charge in [-0.2, -0.15) is 0 Å². The van der Waals surface area contributed by atoms with Crippen molar-refractivity contribution in [1.82, 2.24) is 15.1 Å². The van der Waals surface area contributed by atoms with E-state index in [1.165, 1.54) is 10.6 Å². The maximum absolute atomic E-state index is 12.9.